The maximum Gasteiger partial charge on any atom is 0.295 e. The Morgan fingerprint density at radius 2 is 1.88 bits per heavy atom. The zero-order chi connectivity index (χ0) is 24.4. The van der Waals surface area contributed by atoms with E-state index >= 15 is 0 Å². The molecule has 34 heavy (non-hydrogen) atoms. The Balaban J connectivity index is 1.85. The van der Waals surface area contributed by atoms with E-state index < -0.39 is 29.3 Å². The molecule has 0 bridgehead atoms. The Morgan fingerprint density at radius 3 is 2.47 bits per heavy atom. The quantitative estimate of drug-likeness (QED) is 0.340. The maximum atomic E-state index is 14.3. The lowest BCUT2D eigenvalue weighted by atomic mass is 9.95. The SMILES string of the molecule is COc1ccc(C(O)=C2C(=O)C(=O)N(Cc3cccnc3)[C@@H]2c2ccc(N(C)C)cc2)cc1F. The van der Waals surface area contributed by atoms with Crippen molar-refractivity contribution >= 4 is 23.1 Å². The second-order valence-electron chi connectivity index (χ2n) is 8.12. The van der Waals surface area contributed by atoms with Crippen molar-refractivity contribution < 1.29 is 23.8 Å². The Hall–Kier alpha value is -4.20. The van der Waals surface area contributed by atoms with Gasteiger partial charge in [0.25, 0.3) is 11.7 Å². The van der Waals surface area contributed by atoms with Crippen LogP contribution in [0.1, 0.15) is 22.7 Å². The van der Waals surface area contributed by atoms with Crippen molar-refractivity contribution in [2.45, 2.75) is 12.6 Å². The summed E-state index contributed by atoms with van der Waals surface area (Å²) < 4.78 is 19.3. The smallest absolute Gasteiger partial charge is 0.295 e. The Kier molecular flexibility index (Phi) is 6.32. The average Bonchev–Trinajstić information content (AvgIpc) is 3.09. The van der Waals surface area contributed by atoms with Crippen LogP contribution < -0.4 is 9.64 Å². The number of halogens is 1. The summed E-state index contributed by atoms with van der Waals surface area (Å²) in [5, 5.41) is 11.1. The average molecular weight is 461 g/mol. The molecule has 1 atom stereocenters. The number of carbonyl (C=O) groups excluding carboxylic acids is 2. The van der Waals surface area contributed by atoms with Crippen LogP contribution in [-0.4, -0.2) is 47.9 Å². The minimum Gasteiger partial charge on any atom is -0.507 e. The minimum atomic E-state index is -0.860. The number of hydrogen-bond donors (Lipinski definition) is 1. The first kappa shape index (κ1) is 23.0. The summed E-state index contributed by atoms with van der Waals surface area (Å²) >= 11 is 0. The van der Waals surface area contributed by atoms with Crippen LogP contribution in [0, 0.1) is 5.82 Å². The normalized spacial score (nSPS) is 17.2. The topological polar surface area (TPSA) is 83.0 Å². The lowest BCUT2D eigenvalue weighted by Crippen LogP contribution is -2.29. The number of ketones is 1. The molecule has 1 aromatic heterocycles. The number of nitrogens with zero attached hydrogens (tertiary/aromatic N) is 3. The predicted octanol–water partition coefficient (Wildman–Crippen LogP) is 3.92. The van der Waals surface area contributed by atoms with E-state index in [0.29, 0.717) is 5.56 Å². The van der Waals surface area contributed by atoms with Gasteiger partial charge in [-0.3, -0.25) is 14.6 Å². The number of aliphatic hydroxyl groups excluding tert-OH is 1. The monoisotopic (exact) mass is 461 g/mol. The van der Waals surface area contributed by atoms with Crippen LogP contribution in [0.4, 0.5) is 10.1 Å². The largest absolute Gasteiger partial charge is 0.507 e. The van der Waals surface area contributed by atoms with Crippen LogP contribution in [-0.2, 0) is 16.1 Å². The fourth-order valence-electron chi connectivity index (χ4n) is 4.00. The van der Waals surface area contributed by atoms with Crippen LogP contribution in [0.3, 0.4) is 0 Å². The number of anilines is 1. The second kappa shape index (κ2) is 9.35. The zero-order valence-electron chi connectivity index (χ0n) is 19.0. The molecule has 174 valence electrons. The number of rotatable bonds is 6. The minimum absolute atomic E-state index is 0.00408. The molecular weight excluding hydrogens is 437 g/mol. The van der Waals surface area contributed by atoms with Gasteiger partial charge in [0, 0.05) is 44.3 Å². The molecule has 0 saturated carbocycles. The predicted molar refractivity (Wildman–Crippen MR) is 126 cm³/mol. The summed E-state index contributed by atoms with van der Waals surface area (Å²) in [6.45, 7) is 0.117. The number of ether oxygens (including phenoxy) is 1. The van der Waals surface area contributed by atoms with Crippen LogP contribution in [0.5, 0.6) is 5.75 Å². The number of carbonyl (C=O) groups is 2. The number of methoxy groups -OCH3 is 1. The van der Waals surface area contributed by atoms with Gasteiger partial charge in [-0.25, -0.2) is 4.39 Å². The van der Waals surface area contributed by atoms with E-state index in [-0.39, 0.29) is 23.4 Å². The summed E-state index contributed by atoms with van der Waals surface area (Å²) in [7, 11) is 5.14. The third-order valence-electron chi connectivity index (χ3n) is 5.77. The number of benzene rings is 2. The van der Waals surface area contributed by atoms with Gasteiger partial charge in [-0.1, -0.05) is 18.2 Å². The van der Waals surface area contributed by atoms with Gasteiger partial charge < -0.3 is 19.6 Å². The van der Waals surface area contributed by atoms with Crippen molar-refractivity contribution in [3.8, 4) is 5.75 Å². The summed E-state index contributed by atoms with van der Waals surface area (Å²) in [6, 6.07) is 13.9. The number of amides is 1. The van der Waals surface area contributed by atoms with Gasteiger partial charge >= 0.3 is 0 Å². The summed E-state index contributed by atoms with van der Waals surface area (Å²) in [5.41, 5.74) is 2.29. The number of hydrogen-bond acceptors (Lipinski definition) is 6. The van der Waals surface area contributed by atoms with Gasteiger partial charge in [-0.15, -0.1) is 0 Å². The lowest BCUT2D eigenvalue weighted by molar-refractivity contribution is -0.140. The van der Waals surface area contributed by atoms with Crippen molar-refractivity contribution in [3.63, 3.8) is 0 Å². The Labute approximate surface area is 196 Å². The molecule has 1 N–H and O–H groups in total. The van der Waals surface area contributed by atoms with Crippen molar-refractivity contribution in [1.82, 2.24) is 9.88 Å². The first-order chi connectivity index (χ1) is 16.3. The summed E-state index contributed by atoms with van der Waals surface area (Å²) in [5.74, 6) is -2.72. The molecule has 1 saturated heterocycles. The summed E-state index contributed by atoms with van der Waals surface area (Å²) in [4.78, 5) is 33.6. The fraction of sp³-hybridized carbons (Fsp3) is 0.192. The van der Waals surface area contributed by atoms with Crippen molar-refractivity contribution in [2.24, 2.45) is 0 Å². The van der Waals surface area contributed by atoms with E-state index in [0.717, 1.165) is 17.3 Å². The summed E-state index contributed by atoms with van der Waals surface area (Å²) in [6.07, 6.45) is 3.23. The molecular formula is C26H24FN3O4. The molecule has 4 rings (SSSR count). The van der Waals surface area contributed by atoms with E-state index in [1.807, 2.05) is 43.3 Å². The third kappa shape index (κ3) is 4.22. The molecule has 0 radical (unpaired) electrons. The maximum absolute atomic E-state index is 14.3. The van der Waals surface area contributed by atoms with E-state index in [1.165, 1.54) is 24.1 Å². The van der Waals surface area contributed by atoms with Crippen LogP contribution in [0.15, 0.2) is 72.6 Å². The number of likely N-dealkylation sites (tertiary alicyclic amines) is 1. The van der Waals surface area contributed by atoms with Gasteiger partial charge in [-0.05, 0) is 47.5 Å². The molecule has 1 fully saturated rings. The molecule has 1 aliphatic rings. The molecule has 0 unspecified atom stereocenters. The highest BCUT2D eigenvalue weighted by Crippen LogP contribution is 2.41. The highest BCUT2D eigenvalue weighted by atomic mass is 19.1. The van der Waals surface area contributed by atoms with Crippen molar-refractivity contribution in [1.29, 1.82) is 0 Å². The second-order valence-corrected chi connectivity index (χ2v) is 8.12. The fourth-order valence-corrected chi connectivity index (χ4v) is 4.00. The van der Waals surface area contributed by atoms with Crippen molar-refractivity contribution in [3.05, 3.63) is 95.1 Å². The molecule has 1 amide bonds. The molecule has 3 aromatic rings. The molecule has 7 nitrogen and oxygen atoms in total. The van der Waals surface area contributed by atoms with E-state index in [1.54, 1.807) is 24.5 Å². The number of pyridine rings is 1. The lowest BCUT2D eigenvalue weighted by Gasteiger charge is -2.26. The van der Waals surface area contributed by atoms with Gasteiger partial charge in [0.2, 0.25) is 0 Å². The van der Waals surface area contributed by atoms with E-state index in [9.17, 15) is 19.1 Å². The van der Waals surface area contributed by atoms with Gasteiger partial charge in [0.1, 0.15) is 5.76 Å². The molecule has 8 heteroatoms. The number of Topliss-reactive ketones (excluding diaryl/α,β-unsaturated/α-hetero) is 1. The molecule has 0 aliphatic carbocycles. The highest BCUT2D eigenvalue weighted by Gasteiger charge is 2.46. The van der Waals surface area contributed by atoms with E-state index in [2.05, 4.69) is 4.98 Å². The van der Waals surface area contributed by atoms with Crippen LogP contribution in [0.2, 0.25) is 0 Å². The zero-order valence-corrected chi connectivity index (χ0v) is 19.0. The Morgan fingerprint density at radius 1 is 1.15 bits per heavy atom. The van der Waals surface area contributed by atoms with Crippen LogP contribution in [0.25, 0.3) is 5.76 Å². The van der Waals surface area contributed by atoms with Gasteiger partial charge in [0.05, 0.1) is 18.7 Å². The first-order valence-corrected chi connectivity index (χ1v) is 10.6. The Bertz CT molecular complexity index is 1260. The first-order valence-electron chi connectivity index (χ1n) is 10.6. The van der Waals surface area contributed by atoms with Gasteiger partial charge in [-0.2, -0.15) is 0 Å². The molecule has 0 spiro atoms. The number of aliphatic hydroxyl groups is 1. The third-order valence-corrected chi connectivity index (χ3v) is 5.77. The van der Waals surface area contributed by atoms with Gasteiger partial charge in [0.15, 0.2) is 11.6 Å². The van der Waals surface area contributed by atoms with Crippen molar-refractivity contribution in [2.75, 3.05) is 26.1 Å². The molecule has 1 aliphatic heterocycles. The number of aromatic nitrogens is 1. The van der Waals surface area contributed by atoms with E-state index in [4.69, 9.17) is 4.74 Å². The van der Waals surface area contributed by atoms with Crippen LogP contribution >= 0.6 is 0 Å². The highest BCUT2D eigenvalue weighted by molar-refractivity contribution is 6.46. The standard InChI is InChI=1S/C26H24FN3O4/c1-29(2)19-9-6-17(7-10-19)23-22(24(31)18-8-11-21(34-3)20(27)13-18)25(32)26(33)30(23)15-16-5-4-12-28-14-16/h4-14,23,31H,15H2,1-3H3/t23-/m1/s1. The molecule has 2 aromatic carbocycles. The molecule has 2 heterocycles.